The Kier molecular flexibility index (Phi) is 2.87. The van der Waals surface area contributed by atoms with Gasteiger partial charge in [-0.15, -0.1) is 0 Å². The normalized spacial score (nSPS) is 10.3. The number of hydrogen-bond donors (Lipinski definition) is 2. The number of fused-ring (bicyclic) bond motifs is 1. The highest BCUT2D eigenvalue weighted by Gasteiger charge is 2.01. The van der Waals surface area contributed by atoms with Gasteiger partial charge < -0.3 is 10.3 Å². The van der Waals surface area contributed by atoms with Crippen molar-refractivity contribution >= 4 is 17.0 Å². The molecular formula is C15H12N4. The van der Waals surface area contributed by atoms with Gasteiger partial charge in [0.1, 0.15) is 0 Å². The van der Waals surface area contributed by atoms with Crippen molar-refractivity contribution in [3.8, 4) is 6.07 Å². The van der Waals surface area contributed by atoms with Crippen LogP contribution in [0.2, 0.25) is 0 Å². The number of aromatic amines is 1. The third-order valence-electron chi connectivity index (χ3n) is 2.93. The largest absolute Gasteiger partial charge is 0.352 e. The first-order valence-electron chi connectivity index (χ1n) is 6.03. The van der Waals surface area contributed by atoms with Crippen LogP contribution in [0.4, 0.5) is 5.95 Å². The first kappa shape index (κ1) is 11.3. The second-order valence-electron chi connectivity index (χ2n) is 4.26. The van der Waals surface area contributed by atoms with E-state index in [0.29, 0.717) is 12.1 Å². The van der Waals surface area contributed by atoms with Gasteiger partial charge in [0.25, 0.3) is 0 Å². The minimum atomic E-state index is 0.672. The molecule has 0 aliphatic rings. The molecule has 92 valence electrons. The van der Waals surface area contributed by atoms with Crippen LogP contribution >= 0.6 is 0 Å². The maximum absolute atomic E-state index is 8.74. The van der Waals surface area contributed by atoms with Gasteiger partial charge >= 0.3 is 0 Å². The van der Waals surface area contributed by atoms with Crippen LogP contribution in [0, 0.1) is 11.3 Å². The zero-order chi connectivity index (χ0) is 13.1. The molecule has 0 aliphatic heterocycles. The van der Waals surface area contributed by atoms with Gasteiger partial charge in [0, 0.05) is 6.54 Å². The number of hydrogen-bond acceptors (Lipinski definition) is 3. The fourth-order valence-electron chi connectivity index (χ4n) is 1.92. The van der Waals surface area contributed by atoms with Crippen LogP contribution in [-0.2, 0) is 6.54 Å². The molecule has 3 rings (SSSR count). The Labute approximate surface area is 110 Å². The Balaban J connectivity index is 1.73. The number of benzene rings is 2. The first-order chi connectivity index (χ1) is 9.35. The lowest BCUT2D eigenvalue weighted by atomic mass is 10.1. The second kappa shape index (κ2) is 4.83. The molecule has 0 fully saturated rings. The summed E-state index contributed by atoms with van der Waals surface area (Å²) in [4.78, 5) is 7.66. The van der Waals surface area contributed by atoms with Crippen LogP contribution in [0.1, 0.15) is 11.1 Å². The molecule has 4 heteroatoms. The SMILES string of the molecule is N#Cc1ccc(CNc2nc3ccccc3[nH]2)cc1. The lowest BCUT2D eigenvalue weighted by Crippen LogP contribution is -2.00. The molecule has 4 nitrogen and oxygen atoms in total. The van der Waals surface area contributed by atoms with Crippen LogP contribution in [0.5, 0.6) is 0 Å². The predicted octanol–water partition coefficient (Wildman–Crippen LogP) is 3.05. The third kappa shape index (κ3) is 2.40. The molecular weight excluding hydrogens is 236 g/mol. The summed E-state index contributed by atoms with van der Waals surface area (Å²) in [7, 11) is 0. The minimum Gasteiger partial charge on any atom is -0.352 e. The van der Waals surface area contributed by atoms with Gasteiger partial charge in [0.05, 0.1) is 22.7 Å². The van der Waals surface area contributed by atoms with Crippen molar-refractivity contribution in [2.24, 2.45) is 0 Å². The summed E-state index contributed by atoms with van der Waals surface area (Å²) >= 11 is 0. The van der Waals surface area contributed by atoms with Crippen LogP contribution in [-0.4, -0.2) is 9.97 Å². The Morgan fingerprint density at radius 3 is 2.63 bits per heavy atom. The summed E-state index contributed by atoms with van der Waals surface area (Å²) in [5.74, 6) is 0.755. The molecule has 1 heterocycles. The number of H-pyrrole nitrogens is 1. The van der Waals surface area contributed by atoms with Crippen molar-refractivity contribution < 1.29 is 0 Å². The van der Waals surface area contributed by atoms with Crippen molar-refractivity contribution in [1.82, 2.24) is 9.97 Å². The van der Waals surface area contributed by atoms with E-state index in [0.717, 1.165) is 22.5 Å². The fraction of sp³-hybridized carbons (Fsp3) is 0.0667. The quantitative estimate of drug-likeness (QED) is 0.748. The number of imidazole rings is 1. The molecule has 1 aromatic heterocycles. The fourth-order valence-corrected chi connectivity index (χ4v) is 1.92. The number of nitrogens with zero attached hydrogens (tertiary/aromatic N) is 2. The Hall–Kier alpha value is -2.80. The lowest BCUT2D eigenvalue weighted by Gasteiger charge is -2.02. The summed E-state index contributed by atoms with van der Waals surface area (Å²) in [6.45, 7) is 0.672. The van der Waals surface area contributed by atoms with E-state index in [1.165, 1.54) is 0 Å². The predicted molar refractivity (Wildman–Crippen MR) is 74.6 cm³/mol. The number of para-hydroxylation sites is 2. The minimum absolute atomic E-state index is 0.672. The Morgan fingerprint density at radius 2 is 1.89 bits per heavy atom. The molecule has 0 saturated heterocycles. The van der Waals surface area contributed by atoms with Gasteiger partial charge in [-0.3, -0.25) is 0 Å². The van der Waals surface area contributed by atoms with E-state index in [1.807, 2.05) is 48.5 Å². The van der Waals surface area contributed by atoms with Crippen LogP contribution < -0.4 is 5.32 Å². The van der Waals surface area contributed by atoms with E-state index in [1.54, 1.807) is 0 Å². The molecule has 0 aliphatic carbocycles. The van der Waals surface area contributed by atoms with Gasteiger partial charge in [-0.05, 0) is 29.8 Å². The molecule has 2 aromatic carbocycles. The number of nitrogens with one attached hydrogen (secondary N) is 2. The van der Waals surface area contributed by atoms with Crippen molar-refractivity contribution in [3.63, 3.8) is 0 Å². The van der Waals surface area contributed by atoms with E-state index < -0.39 is 0 Å². The summed E-state index contributed by atoms with van der Waals surface area (Å²) in [6, 6.07) is 17.5. The number of aromatic nitrogens is 2. The van der Waals surface area contributed by atoms with Crippen molar-refractivity contribution in [3.05, 3.63) is 59.7 Å². The second-order valence-corrected chi connectivity index (χ2v) is 4.26. The van der Waals surface area contributed by atoms with Gasteiger partial charge in [-0.25, -0.2) is 4.98 Å². The Morgan fingerprint density at radius 1 is 1.11 bits per heavy atom. The van der Waals surface area contributed by atoms with Crippen molar-refractivity contribution in [1.29, 1.82) is 5.26 Å². The number of nitriles is 1. The highest BCUT2D eigenvalue weighted by atomic mass is 15.1. The summed E-state index contributed by atoms with van der Waals surface area (Å²) in [5.41, 5.74) is 3.75. The summed E-state index contributed by atoms with van der Waals surface area (Å²) in [5, 5.41) is 12.0. The van der Waals surface area contributed by atoms with Crippen molar-refractivity contribution in [2.75, 3.05) is 5.32 Å². The highest BCUT2D eigenvalue weighted by Crippen LogP contribution is 2.14. The van der Waals surface area contributed by atoms with Crippen molar-refractivity contribution in [2.45, 2.75) is 6.54 Å². The molecule has 0 saturated carbocycles. The van der Waals surface area contributed by atoms with E-state index in [-0.39, 0.29) is 0 Å². The molecule has 19 heavy (non-hydrogen) atoms. The average Bonchev–Trinajstić information content (AvgIpc) is 2.88. The zero-order valence-electron chi connectivity index (χ0n) is 10.2. The van der Waals surface area contributed by atoms with E-state index >= 15 is 0 Å². The average molecular weight is 248 g/mol. The van der Waals surface area contributed by atoms with Crippen LogP contribution in [0.25, 0.3) is 11.0 Å². The smallest absolute Gasteiger partial charge is 0.201 e. The van der Waals surface area contributed by atoms with Gasteiger partial charge in [0.15, 0.2) is 0 Å². The molecule has 0 bridgehead atoms. The third-order valence-corrected chi connectivity index (χ3v) is 2.93. The molecule has 3 aromatic rings. The molecule has 2 N–H and O–H groups in total. The standard InChI is InChI=1S/C15H12N4/c16-9-11-5-7-12(8-6-11)10-17-15-18-13-3-1-2-4-14(13)19-15/h1-8H,10H2,(H2,17,18,19). The lowest BCUT2D eigenvalue weighted by molar-refractivity contribution is 1.10. The van der Waals surface area contributed by atoms with E-state index in [4.69, 9.17) is 5.26 Å². The topological polar surface area (TPSA) is 64.5 Å². The monoisotopic (exact) mass is 248 g/mol. The maximum Gasteiger partial charge on any atom is 0.201 e. The highest BCUT2D eigenvalue weighted by molar-refractivity contribution is 5.77. The molecule has 0 spiro atoms. The molecule has 0 atom stereocenters. The summed E-state index contributed by atoms with van der Waals surface area (Å²) in [6.07, 6.45) is 0. The molecule has 0 radical (unpaired) electrons. The van der Waals surface area contributed by atoms with Crippen LogP contribution in [0.3, 0.4) is 0 Å². The molecule has 0 unspecified atom stereocenters. The van der Waals surface area contributed by atoms with Gasteiger partial charge in [0.2, 0.25) is 5.95 Å². The number of anilines is 1. The summed E-state index contributed by atoms with van der Waals surface area (Å²) < 4.78 is 0. The van der Waals surface area contributed by atoms with Gasteiger partial charge in [-0.1, -0.05) is 24.3 Å². The van der Waals surface area contributed by atoms with Gasteiger partial charge in [-0.2, -0.15) is 5.26 Å². The molecule has 0 amide bonds. The zero-order valence-corrected chi connectivity index (χ0v) is 10.2. The van der Waals surface area contributed by atoms with Crippen LogP contribution in [0.15, 0.2) is 48.5 Å². The maximum atomic E-state index is 8.74. The van der Waals surface area contributed by atoms with E-state index in [2.05, 4.69) is 21.4 Å². The number of rotatable bonds is 3. The Bertz CT molecular complexity index is 702. The first-order valence-corrected chi connectivity index (χ1v) is 6.03. The van der Waals surface area contributed by atoms with E-state index in [9.17, 15) is 0 Å².